The molecule has 1 saturated heterocycles. The third-order valence-electron chi connectivity index (χ3n) is 3.97. The number of rotatable bonds is 2. The molecule has 0 bridgehead atoms. The van der Waals surface area contributed by atoms with Gasteiger partial charge in [-0.3, -0.25) is 14.5 Å². The largest absolute Gasteiger partial charge is 0.444 e. The van der Waals surface area contributed by atoms with Crippen LogP contribution in [0.3, 0.4) is 0 Å². The molecule has 0 spiro atoms. The van der Waals surface area contributed by atoms with Crippen molar-refractivity contribution in [1.29, 1.82) is 0 Å². The Morgan fingerprint density at radius 2 is 1.79 bits per heavy atom. The number of nitrogens with zero attached hydrogens (tertiary/aromatic N) is 2. The van der Waals surface area contributed by atoms with Crippen molar-refractivity contribution >= 4 is 11.8 Å². The summed E-state index contributed by atoms with van der Waals surface area (Å²) in [7, 11) is 0. The zero-order chi connectivity index (χ0) is 13.6. The maximum absolute atomic E-state index is 12.2. The van der Waals surface area contributed by atoms with Crippen LogP contribution < -0.4 is 0 Å². The summed E-state index contributed by atoms with van der Waals surface area (Å²) in [5, 5.41) is 0. The van der Waals surface area contributed by atoms with Crippen LogP contribution in [0.2, 0.25) is 0 Å². The molecule has 19 heavy (non-hydrogen) atoms. The van der Waals surface area contributed by atoms with E-state index in [9.17, 15) is 9.59 Å². The van der Waals surface area contributed by atoms with Crippen LogP contribution in [0.15, 0.2) is 16.6 Å². The van der Waals surface area contributed by atoms with Gasteiger partial charge in [0.1, 0.15) is 12.3 Å². The molecule has 2 aliphatic rings. The summed E-state index contributed by atoms with van der Waals surface area (Å²) in [4.78, 5) is 30.0. The number of imide groups is 1. The monoisotopic (exact) mass is 260 g/mol. The second-order valence-corrected chi connectivity index (χ2v) is 5.17. The van der Waals surface area contributed by atoms with Crippen molar-refractivity contribution in [2.75, 3.05) is 0 Å². The SMILES string of the molecule is Cc1nc(CN2C(=O)[C@H]3CC=CC[C@H]3C2=O)oc1C. The predicted octanol–water partition coefficient (Wildman–Crippen LogP) is 1.74. The van der Waals surface area contributed by atoms with E-state index in [0.29, 0.717) is 18.7 Å². The van der Waals surface area contributed by atoms with E-state index in [0.717, 1.165) is 11.5 Å². The van der Waals surface area contributed by atoms with Gasteiger partial charge in [-0.2, -0.15) is 0 Å². The van der Waals surface area contributed by atoms with Crippen LogP contribution >= 0.6 is 0 Å². The molecule has 0 aromatic carbocycles. The lowest BCUT2D eigenvalue weighted by Crippen LogP contribution is -2.30. The van der Waals surface area contributed by atoms with Crippen molar-refractivity contribution in [3.8, 4) is 0 Å². The van der Waals surface area contributed by atoms with E-state index in [1.165, 1.54) is 4.90 Å². The molecule has 0 N–H and O–H groups in total. The topological polar surface area (TPSA) is 63.4 Å². The van der Waals surface area contributed by atoms with E-state index in [4.69, 9.17) is 4.42 Å². The van der Waals surface area contributed by atoms with E-state index in [2.05, 4.69) is 4.98 Å². The molecule has 100 valence electrons. The number of allylic oxidation sites excluding steroid dienone is 2. The molecule has 2 atom stereocenters. The predicted molar refractivity (Wildman–Crippen MR) is 66.9 cm³/mol. The summed E-state index contributed by atoms with van der Waals surface area (Å²) in [5.74, 6) is 0.613. The summed E-state index contributed by atoms with van der Waals surface area (Å²) in [6, 6.07) is 0. The molecule has 1 fully saturated rings. The van der Waals surface area contributed by atoms with Crippen LogP contribution in [0.25, 0.3) is 0 Å². The smallest absolute Gasteiger partial charge is 0.233 e. The highest BCUT2D eigenvalue weighted by atomic mass is 16.4. The van der Waals surface area contributed by atoms with Crippen LogP contribution in [0.5, 0.6) is 0 Å². The number of carbonyl (C=O) groups excluding carboxylic acids is 2. The summed E-state index contributed by atoms with van der Waals surface area (Å²) in [6.45, 7) is 3.82. The zero-order valence-electron chi connectivity index (χ0n) is 11.0. The van der Waals surface area contributed by atoms with Gasteiger partial charge in [0.25, 0.3) is 0 Å². The van der Waals surface area contributed by atoms with Gasteiger partial charge < -0.3 is 4.42 Å². The Labute approximate surface area is 111 Å². The average molecular weight is 260 g/mol. The number of hydrogen-bond donors (Lipinski definition) is 0. The van der Waals surface area contributed by atoms with Gasteiger partial charge in [0.2, 0.25) is 17.7 Å². The van der Waals surface area contributed by atoms with Crippen molar-refractivity contribution < 1.29 is 14.0 Å². The minimum atomic E-state index is -0.186. The normalized spacial score (nSPS) is 26.1. The highest BCUT2D eigenvalue weighted by Gasteiger charge is 2.47. The molecule has 1 aliphatic heterocycles. The molecule has 0 unspecified atom stereocenters. The van der Waals surface area contributed by atoms with Gasteiger partial charge in [-0.15, -0.1) is 0 Å². The van der Waals surface area contributed by atoms with Gasteiger partial charge in [-0.05, 0) is 26.7 Å². The van der Waals surface area contributed by atoms with Crippen LogP contribution in [0, 0.1) is 25.7 Å². The number of carbonyl (C=O) groups is 2. The van der Waals surface area contributed by atoms with E-state index in [1.807, 2.05) is 26.0 Å². The Bertz CT molecular complexity index is 528. The maximum Gasteiger partial charge on any atom is 0.233 e. The van der Waals surface area contributed by atoms with Crippen molar-refractivity contribution in [1.82, 2.24) is 9.88 Å². The Balaban J connectivity index is 1.82. The minimum Gasteiger partial charge on any atom is -0.444 e. The second kappa shape index (κ2) is 4.33. The molecule has 1 aliphatic carbocycles. The maximum atomic E-state index is 12.2. The number of hydrogen-bond acceptors (Lipinski definition) is 4. The van der Waals surface area contributed by atoms with Gasteiger partial charge in [0, 0.05) is 0 Å². The number of aromatic nitrogens is 1. The molecule has 1 aromatic rings. The third kappa shape index (κ3) is 1.89. The summed E-state index contributed by atoms with van der Waals surface area (Å²) in [5.41, 5.74) is 0.799. The van der Waals surface area contributed by atoms with Crippen LogP contribution in [0.4, 0.5) is 0 Å². The molecule has 5 nitrogen and oxygen atoms in total. The van der Waals surface area contributed by atoms with Crippen LogP contribution in [-0.4, -0.2) is 21.7 Å². The molecule has 5 heteroatoms. The fraction of sp³-hybridized carbons (Fsp3) is 0.500. The zero-order valence-corrected chi connectivity index (χ0v) is 11.0. The van der Waals surface area contributed by atoms with Gasteiger partial charge in [-0.25, -0.2) is 4.98 Å². The van der Waals surface area contributed by atoms with Gasteiger partial charge >= 0.3 is 0 Å². The standard InChI is InChI=1S/C14H16N2O3/c1-8-9(2)19-12(15-8)7-16-13(17)10-5-3-4-6-11(10)14(16)18/h3-4,10-11H,5-7H2,1-2H3/t10-,11+. The van der Waals surface area contributed by atoms with Crippen LogP contribution in [0.1, 0.15) is 30.2 Å². The molecule has 3 rings (SSSR count). The Hall–Kier alpha value is -1.91. The average Bonchev–Trinajstić information content (AvgIpc) is 2.84. The first-order valence-electron chi connectivity index (χ1n) is 6.51. The highest BCUT2D eigenvalue weighted by Crippen LogP contribution is 2.35. The quantitative estimate of drug-likeness (QED) is 0.600. The lowest BCUT2D eigenvalue weighted by molar-refractivity contribution is -0.141. The molecule has 2 heterocycles. The fourth-order valence-electron chi connectivity index (χ4n) is 2.77. The first-order valence-corrected chi connectivity index (χ1v) is 6.51. The molecule has 0 saturated carbocycles. The Morgan fingerprint density at radius 3 is 2.26 bits per heavy atom. The summed E-state index contributed by atoms with van der Waals surface area (Å²) in [6.07, 6.45) is 5.29. The van der Waals surface area contributed by atoms with Gasteiger partial charge in [0.05, 0.1) is 17.5 Å². The van der Waals surface area contributed by atoms with E-state index >= 15 is 0 Å². The van der Waals surface area contributed by atoms with E-state index in [-0.39, 0.29) is 30.2 Å². The van der Waals surface area contributed by atoms with Crippen molar-refractivity contribution in [2.45, 2.75) is 33.2 Å². The Morgan fingerprint density at radius 1 is 1.21 bits per heavy atom. The van der Waals surface area contributed by atoms with E-state index in [1.54, 1.807) is 0 Å². The minimum absolute atomic E-state index is 0.0899. The highest BCUT2D eigenvalue weighted by molar-refractivity contribution is 6.05. The lowest BCUT2D eigenvalue weighted by atomic mass is 9.85. The molecule has 2 amide bonds. The molecule has 1 aromatic heterocycles. The van der Waals surface area contributed by atoms with E-state index < -0.39 is 0 Å². The fourth-order valence-corrected chi connectivity index (χ4v) is 2.77. The van der Waals surface area contributed by atoms with Gasteiger partial charge in [0.15, 0.2) is 0 Å². The number of likely N-dealkylation sites (tertiary alicyclic amines) is 1. The second-order valence-electron chi connectivity index (χ2n) is 5.17. The number of aryl methyl sites for hydroxylation is 2. The lowest BCUT2D eigenvalue weighted by Gasteiger charge is -2.14. The third-order valence-corrected chi connectivity index (χ3v) is 3.97. The number of fused-ring (bicyclic) bond motifs is 1. The molecule has 0 radical (unpaired) electrons. The first kappa shape index (κ1) is 12.1. The molecular weight excluding hydrogens is 244 g/mol. The number of oxazole rings is 1. The van der Waals surface area contributed by atoms with Crippen LogP contribution in [-0.2, 0) is 16.1 Å². The molecular formula is C14H16N2O3. The van der Waals surface area contributed by atoms with Gasteiger partial charge in [-0.1, -0.05) is 12.2 Å². The summed E-state index contributed by atoms with van der Waals surface area (Å²) >= 11 is 0. The number of amides is 2. The van der Waals surface area contributed by atoms with Crippen molar-refractivity contribution in [2.24, 2.45) is 11.8 Å². The summed E-state index contributed by atoms with van der Waals surface area (Å²) < 4.78 is 5.45. The Kier molecular flexibility index (Phi) is 2.77. The first-order chi connectivity index (χ1) is 9.08. The van der Waals surface area contributed by atoms with Crippen molar-refractivity contribution in [3.63, 3.8) is 0 Å². The van der Waals surface area contributed by atoms with Crippen molar-refractivity contribution in [3.05, 3.63) is 29.5 Å².